The van der Waals surface area contributed by atoms with Gasteiger partial charge < -0.3 is 9.47 Å². The second kappa shape index (κ2) is 25.4. The molecule has 0 spiro atoms. The predicted molar refractivity (Wildman–Crippen MR) is 205 cm³/mol. The molecular formula is C45H68O2. The lowest BCUT2D eigenvalue weighted by atomic mass is 9.94. The minimum atomic E-state index is 0.121. The molecule has 0 saturated carbocycles. The van der Waals surface area contributed by atoms with E-state index in [-0.39, 0.29) is 6.10 Å². The molecule has 3 aromatic rings. The third kappa shape index (κ3) is 16.4. The largest absolute Gasteiger partial charge is 0.494 e. The molecule has 0 bridgehead atoms. The van der Waals surface area contributed by atoms with Crippen LogP contribution < -0.4 is 4.74 Å². The summed E-state index contributed by atoms with van der Waals surface area (Å²) >= 11 is 0. The molecule has 0 amide bonds. The van der Waals surface area contributed by atoms with Gasteiger partial charge in [-0.2, -0.15) is 0 Å². The van der Waals surface area contributed by atoms with E-state index in [1.165, 1.54) is 150 Å². The van der Waals surface area contributed by atoms with Gasteiger partial charge in [0.05, 0.1) is 12.7 Å². The summed E-state index contributed by atoms with van der Waals surface area (Å²) in [6.07, 6.45) is 28.6. The molecule has 0 aliphatic rings. The van der Waals surface area contributed by atoms with Gasteiger partial charge >= 0.3 is 0 Å². The maximum absolute atomic E-state index is 6.20. The van der Waals surface area contributed by atoms with Gasteiger partial charge in [-0.25, -0.2) is 0 Å². The van der Waals surface area contributed by atoms with Gasteiger partial charge in [-0.3, -0.25) is 0 Å². The molecule has 0 fully saturated rings. The third-order valence-electron chi connectivity index (χ3n) is 9.67. The quantitative estimate of drug-likeness (QED) is 0.0735. The first-order valence-corrected chi connectivity index (χ1v) is 19.8. The number of hydrogen-bond donors (Lipinski definition) is 0. The third-order valence-corrected chi connectivity index (χ3v) is 9.67. The summed E-state index contributed by atoms with van der Waals surface area (Å²) in [7, 11) is 0. The van der Waals surface area contributed by atoms with E-state index in [0.29, 0.717) is 0 Å². The normalized spacial score (nSPS) is 12.0. The van der Waals surface area contributed by atoms with Gasteiger partial charge in [0.2, 0.25) is 0 Å². The standard InChI is InChI=1S/C45H68O2/c1-4-6-8-10-12-14-15-16-18-20-22-26-38-47-43-35-33-42(34-36-43)45-28-24-23-27-44(45)41-31-29-40(30-32-41)39(3)46-37-25-21-19-17-13-11-9-7-5-2/h23-24,27-36,39H,4-22,25-26,37-38H2,1-3H3. The zero-order chi connectivity index (χ0) is 33.2. The van der Waals surface area contributed by atoms with Crippen molar-refractivity contribution in [1.29, 1.82) is 0 Å². The Labute approximate surface area is 290 Å². The van der Waals surface area contributed by atoms with Crippen LogP contribution in [0.25, 0.3) is 22.3 Å². The molecule has 0 aliphatic carbocycles. The van der Waals surface area contributed by atoms with E-state index in [1.807, 2.05) is 0 Å². The summed E-state index contributed by atoms with van der Waals surface area (Å²) in [6, 6.07) is 26.3. The Kier molecular flexibility index (Phi) is 21.0. The zero-order valence-corrected chi connectivity index (χ0v) is 30.6. The van der Waals surface area contributed by atoms with Crippen molar-refractivity contribution in [3.05, 3.63) is 78.4 Å². The minimum Gasteiger partial charge on any atom is -0.494 e. The van der Waals surface area contributed by atoms with Gasteiger partial charge in [0.25, 0.3) is 0 Å². The van der Waals surface area contributed by atoms with Crippen molar-refractivity contribution in [2.75, 3.05) is 13.2 Å². The molecule has 3 rings (SSSR count). The average molecular weight is 641 g/mol. The Morgan fingerprint density at radius 1 is 0.426 bits per heavy atom. The topological polar surface area (TPSA) is 18.5 Å². The number of ether oxygens (including phenoxy) is 2. The molecule has 260 valence electrons. The van der Waals surface area contributed by atoms with Crippen LogP contribution in [0.3, 0.4) is 0 Å². The van der Waals surface area contributed by atoms with Crippen LogP contribution in [0.2, 0.25) is 0 Å². The van der Waals surface area contributed by atoms with Crippen molar-refractivity contribution in [2.45, 2.75) is 162 Å². The van der Waals surface area contributed by atoms with Gasteiger partial charge in [0.15, 0.2) is 0 Å². The maximum Gasteiger partial charge on any atom is 0.119 e. The van der Waals surface area contributed by atoms with Gasteiger partial charge in [0.1, 0.15) is 5.75 Å². The van der Waals surface area contributed by atoms with E-state index in [0.717, 1.165) is 31.8 Å². The van der Waals surface area contributed by atoms with Crippen molar-refractivity contribution in [2.24, 2.45) is 0 Å². The smallest absolute Gasteiger partial charge is 0.119 e. The fourth-order valence-electron chi connectivity index (χ4n) is 6.55. The average Bonchev–Trinajstić information content (AvgIpc) is 3.11. The van der Waals surface area contributed by atoms with Gasteiger partial charge in [-0.05, 0) is 59.7 Å². The highest BCUT2D eigenvalue weighted by Gasteiger charge is 2.10. The highest BCUT2D eigenvalue weighted by Crippen LogP contribution is 2.34. The molecule has 0 N–H and O–H groups in total. The number of unbranched alkanes of at least 4 members (excludes halogenated alkanes) is 19. The predicted octanol–water partition coefficient (Wildman–Crippen LogP) is 14.7. The van der Waals surface area contributed by atoms with E-state index in [9.17, 15) is 0 Å². The second-order valence-corrected chi connectivity index (χ2v) is 13.8. The Bertz CT molecular complexity index is 1150. The van der Waals surface area contributed by atoms with Crippen LogP contribution in [0.5, 0.6) is 5.75 Å². The molecule has 0 radical (unpaired) electrons. The van der Waals surface area contributed by atoms with E-state index < -0.39 is 0 Å². The highest BCUT2D eigenvalue weighted by molar-refractivity contribution is 5.83. The molecule has 1 atom stereocenters. The van der Waals surface area contributed by atoms with Crippen molar-refractivity contribution in [3.63, 3.8) is 0 Å². The molecule has 0 saturated heterocycles. The van der Waals surface area contributed by atoms with E-state index in [2.05, 4.69) is 93.6 Å². The molecular weight excluding hydrogens is 572 g/mol. The summed E-state index contributed by atoms with van der Waals surface area (Å²) in [5.41, 5.74) is 6.22. The summed E-state index contributed by atoms with van der Waals surface area (Å²) in [5.74, 6) is 0.968. The van der Waals surface area contributed by atoms with Gasteiger partial charge in [-0.15, -0.1) is 0 Å². The molecule has 0 aliphatic heterocycles. The van der Waals surface area contributed by atoms with Crippen LogP contribution in [0.4, 0.5) is 0 Å². The first-order valence-electron chi connectivity index (χ1n) is 19.8. The van der Waals surface area contributed by atoms with E-state index in [4.69, 9.17) is 9.47 Å². The van der Waals surface area contributed by atoms with Crippen molar-refractivity contribution in [3.8, 4) is 28.0 Å². The summed E-state index contributed by atoms with van der Waals surface area (Å²) in [6.45, 7) is 8.41. The highest BCUT2D eigenvalue weighted by atomic mass is 16.5. The minimum absolute atomic E-state index is 0.121. The van der Waals surface area contributed by atoms with Crippen molar-refractivity contribution < 1.29 is 9.47 Å². The Hall–Kier alpha value is -2.58. The van der Waals surface area contributed by atoms with Crippen LogP contribution in [-0.4, -0.2) is 13.2 Å². The van der Waals surface area contributed by atoms with Crippen LogP contribution in [0.1, 0.15) is 167 Å². The molecule has 0 aromatic heterocycles. The van der Waals surface area contributed by atoms with Crippen LogP contribution in [-0.2, 0) is 4.74 Å². The van der Waals surface area contributed by atoms with Crippen LogP contribution in [0, 0.1) is 0 Å². The molecule has 2 nitrogen and oxygen atoms in total. The first-order chi connectivity index (χ1) is 23.2. The summed E-state index contributed by atoms with van der Waals surface area (Å²) in [4.78, 5) is 0. The Morgan fingerprint density at radius 3 is 1.26 bits per heavy atom. The van der Waals surface area contributed by atoms with Gasteiger partial charge in [-0.1, -0.05) is 197 Å². The monoisotopic (exact) mass is 641 g/mol. The fourth-order valence-corrected chi connectivity index (χ4v) is 6.55. The fraction of sp³-hybridized carbons (Fsp3) is 0.600. The summed E-state index contributed by atoms with van der Waals surface area (Å²) in [5, 5.41) is 0. The first kappa shape index (κ1) is 38.9. The Morgan fingerprint density at radius 2 is 0.809 bits per heavy atom. The number of benzene rings is 3. The van der Waals surface area contributed by atoms with Crippen LogP contribution >= 0.6 is 0 Å². The molecule has 3 aromatic carbocycles. The van der Waals surface area contributed by atoms with Crippen molar-refractivity contribution in [1.82, 2.24) is 0 Å². The SMILES string of the molecule is CCCCCCCCCCCCCCOc1ccc(-c2ccccc2-c2ccc(C(C)OCCCCCCCCCCC)cc2)cc1. The zero-order valence-electron chi connectivity index (χ0n) is 30.6. The van der Waals surface area contributed by atoms with Crippen LogP contribution in [0.15, 0.2) is 72.8 Å². The molecule has 1 unspecified atom stereocenters. The molecule has 0 heterocycles. The maximum atomic E-state index is 6.20. The van der Waals surface area contributed by atoms with E-state index in [1.54, 1.807) is 0 Å². The number of hydrogen-bond acceptors (Lipinski definition) is 2. The van der Waals surface area contributed by atoms with E-state index >= 15 is 0 Å². The van der Waals surface area contributed by atoms with Gasteiger partial charge in [0, 0.05) is 6.61 Å². The summed E-state index contributed by atoms with van der Waals surface area (Å²) < 4.78 is 12.3. The lowest BCUT2D eigenvalue weighted by molar-refractivity contribution is 0.0627. The molecule has 2 heteroatoms. The second-order valence-electron chi connectivity index (χ2n) is 13.8. The molecule has 47 heavy (non-hydrogen) atoms. The lowest BCUT2D eigenvalue weighted by Gasteiger charge is -2.15. The Balaban J connectivity index is 1.35. The lowest BCUT2D eigenvalue weighted by Crippen LogP contribution is -2.02. The van der Waals surface area contributed by atoms with Crippen molar-refractivity contribution >= 4 is 0 Å². The number of rotatable bonds is 28.